The molecule has 0 bridgehead atoms. The smallest absolute Gasteiger partial charge is 0.333 e. The van der Waals surface area contributed by atoms with Crippen molar-refractivity contribution >= 4 is 63.3 Å². The van der Waals surface area contributed by atoms with Gasteiger partial charge in [-0.3, -0.25) is 0 Å². The van der Waals surface area contributed by atoms with Crippen molar-refractivity contribution in [1.29, 1.82) is 0 Å². The van der Waals surface area contributed by atoms with E-state index in [2.05, 4.69) is 303 Å². The molecule has 2 aliphatic heterocycles. The summed E-state index contributed by atoms with van der Waals surface area (Å²) in [5.74, 6) is 0. The summed E-state index contributed by atoms with van der Waals surface area (Å²) in [6.07, 6.45) is 2.30. The molecule has 0 saturated carbocycles. The van der Waals surface area contributed by atoms with Crippen molar-refractivity contribution in [2.75, 3.05) is 14.6 Å². The van der Waals surface area contributed by atoms with E-state index in [0.29, 0.717) is 0 Å². The minimum absolute atomic E-state index is 0.0148. The lowest BCUT2D eigenvalue weighted by atomic mass is 9.42. The standard InChI is InChI=1S/C78H72BN3/c1-49-42-63-64(75(4,5)41-40-74(63,2)3)47-68(49)81-70-44-54(80(52-29-17-13-18-30-52)53-31-19-14-20-32-53)38-39-67(70)79-72-59(45-58-56-34-21-22-35-60(56)78(10,11)71(58)73(72)81)57-46-65-66(77(8,9)62-37-24-23-36-61(62)76(65,6)7)48-69(57)82(79)55-33-25-28-51(43-55)50-26-15-12-16-27-50/h12-39,42-48H,40-41H2,1-11H3. The van der Waals surface area contributed by atoms with E-state index in [0.717, 1.165) is 29.9 Å². The molecule has 0 spiro atoms. The Labute approximate surface area is 487 Å². The summed E-state index contributed by atoms with van der Waals surface area (Å²) in [4.78, 5) is 8.00. The van der Waals surface area contributed by atoms with Gasteiger partial charge in [-0.1, -0.05) is 209 Å². The summed E-state index contributed by atoms with van der Waals surface area (Å²) in [6, 6.07) is 81.4. The maximum Gasteiger partial charge on any atom is 0.333 e. The molecule has 3 aliphatic carbocycles. The van der Waals surface area contributed by atoms with Gasteiger partial charge in [0.05, 0.1) is 0 Å². The highest BCUT2D eigenvalue weighted by molar-refractivity contribution is 6.93. The first-order valence-electron chi connectivity index (χ1n) is 29.9. The molecule has 2 heterocycles. The van der Waals surface area contributed by atoms with Crippen LogP contribution in [0.25, 0.3) is 33.4 Å². The van der Waals surface area contributed by atoms with E-state index in [1.807, 2.05) is 0 Å². The SMILES string of the molecule is Cc1cc2c(cc1N1c3cc(N(c4ccccc4)c4ccccc4)ccc3B3c4c(cc5c(c41)C(C)(C)c1ccccc1-5)-c1cc4c(cc1N3c1cccc(-c3ccccc3)c1)C(C)(C)c1ccccc1C4(C)C)C(C)(C)CCC2(C)C. The van der Waals surface area contributed by atoms with Gasteiger partial charge < -0.3 is 14.6 Å². The molecule has 0 radical (unpaired) electrons. The van der Waals surface area contributed by atoms with Crippen molar-refractivity contribution < 1.29 is 0 Å². The quantitative estimate of drug-likeness (QED) is 0.154. The average Bonchev–Trinajstić information content (AvgIpc) is 1.18. The Kier molecular flexibility index (Phi) is 10.9. The van der Waals surface area contributed by atoms with Crippen molar-refractivity contribution in [3.8, 4) is 33.4 Å². The lowest BCUT2D eigenvalue weighted by molar-refractivity contribution is 0.332. The normalized spacial score (nSPS) is 17.3. The summed E-state index contributed by atoms with van der Waals surface area (Å²) < 4.78 is 0. The number of hydrogen-bond donors (Lipinski definition) is 0. The van der Waals surface area contributed by atoms with Gasteiger partial charge in [-0.2, -0.15) is 0 Å². The van der Waals surface area contributed by atoms with Crippen molar-refractivity contribution in [3.63, 3.8) is 0 Å². The van der Waals surface area contributed by atoms with Crippen LogP contribution in [-0.2, 0) is 27.1 Å². The molecule has 5 aliphatic rings. The highest BCUT2D eigenvalue weighted by atomic mass is 15.2. The van der Waals surface area contributed by atoms with Gasteiger partial charge in [0, 0.05) is 67.3 Å². The van der Waals surface area contributed by atoms with Crippen LogP contribution in [0.1, 0.15) is 132 Å². The monoisotopic (exact) mass is 1060 g/mol. The first-order chi connectivity index (χ1) is 39.4. The summed E-state index contributed by atoms with van der Waals surface area (Å²) in [6.45, 7) is 26.9. The average molecular weight is 1060 g/mol. The molecule has 402 valence electrons. The fraction of sp³-hybridized carbons (Fsp3) is 0.231. The Morgan fingerprint density at radius 2 is 0.927 bits per heavy atom. The lowest BCUT2D eigenvalue weighted by Crippen LogP contribution is -2.62. The zero-order valence-electron chi connectivity index (χ0n) is 49.5. The Balaban J connectivity index is 1.12. The Hall–Kier alpha value is -8.34. The molecule has 0 N–H and O–H groups in total. The minimum atomic E-state index is -0.346. The number of anilines is 8. The van der Waals surface area contributed by atoms with Gasteiger partial charge in [-0.15, -0.1) is 0 Å². The van der Waals surface area contributed by atoms with Crippen molar-refractivity contribution in [2.45, 2.75) is 116 Å². The molecule has 0 saturated heterocycles. The molecular weight excluding hydrogens is 990 g/mol. The van der Waals surface area contributed by atoms with E-state index in [-0.39, 0.29) is 33.9 Å². The third-order valence-electron chi connectivity index (χ3n) is 20.4. The maximum atomic E-state index is 2.79. The van der Waals surface area contributed by atoms with Gasteiger partial charge in [-0.05, 0) is 192 Å². The predicted octanol–water partition coefficient (Wildman–Crippen LogP) is 19.5. The minimum Gasteiger partial charge on any atom is -0.376 e. The third kappa shape index (κ3) is 7.15. The first-order valence-corrected chi connectivity index (χ1v) is 29.9. The van der Waals surface area contributed by atoms with Crippen LogP contribution in [0.4, 0.5) is 45.5 Å². The van der Waals surface area contributed by atoms with E-state index in [4.69, 9.17) is 0 Å². The van der Waals surface area contributed by atoms with Gasteiger partial charge in [0.2, 0.25) is 0 Å². The van der Waals surface area contributed by atoms with Gasteiger partial charge in [0.15, 0.2) is 0 Å². The highest BCUT2D eigenvalue weighted by Crippen LogP contribution is 2.61. The molecule has 10 aromatic rings. The van der Waals surface area contributed by atoms with Crippen LogP contribution in [0.3, 0.4) is 0 Å². The van der Waals surface area contributed by atoms with E-state index < -0.39 is 0 Å². The highest BCUT2D eigenvalue weighted by Gasteiger charge is 2.52. The van der Waals surface area contributed by atoms with Gasteiger partial charge in [0.1, 0.15) is 0 Å². The largest absolute Gasteiger partial charge is 0.376 e. The van der Waals surface area contributed by atoms with Crippen LogP contribution in [-0.4, -0.2) is 6.85 Å². The number of hydrogen-bond acceptors (Lipinski definition) is 3. The second-order valence-corrected chi connectivity index (χ2v) is 27.2. The molecule has 82 heavy (non-hydrogen) atoms. The number of benzene rings is 10. The Morgan fingerprint density at radius 1 is 0.378 bits per heavy atom. The van der Waals surface area contributed by atoms with Crippen LogP contribution >= 0.6 is 0 Å². The molecule has 0 unspecified atom stereocenters. The number of para-hydroxylation sites is 2. The summed E-state index contributed by atoms with van der Waals surface area (Å²) in [5, 5.41) is 0. The lowest BCUT2D eigenvalue weighted by Gasteiger charge is -2.50. The number of rotatable bonds is 6. The Bertz CT molecular complexity index is 4240. The second-order valence-electron chi connectivity index (χ2n) is 27.2. The topological polar surface area (TPSA) is 9.72 Å². The second kappa shape index (κ2) is 17.6. The molecular formula is C78H72BN3. The summed E-state index contributed by atoms with van der Waals surface area (Å²) >= 11 is 0. The fourth-order valence-corrected chi connectivity index (χ4v) is 15.9. The molecule has 10 aromatic carbocycles. The molecule has 3 nitrogen and oxygen atoms in total. The molecule has 0 aromatic heterocycles. The molecule has 0 atom stereocenters. The zero-order chi connectivity index (χ0) is 56.4. The van der Waals surface area contributed by atoms with Gasteiger partial charge in [0.25, 0.3) is 0 Å². The maximum absolute atomic E-state index is 2.79. The van der Waals surface area contributed by atoms with Crippen LogP contribution < -0.4 is 25.5 Å². The molecule has 0 amide bonds. The number of aryl methyl sites for hydroxylation is 1. The predicted molar refractivity (Wildman–Crippen MR) is 349 cm³/mol. The van der Waals surface area contributed by atoms with Crippen molar-refractivity contribution in [1.82, 2.24) is 0 Å². The van der Waals surface area contributed by atoms with Crippen LogP contribution in [0.2, 0.25) is 0 Å². The van der Waals surface area contributed by atoms with Crippen LogP contribution in [0.5, 0.6) is 0 Å². The van der Waals surface area contributed by atoms with E-state index in [1.54, 1.807) is 0 Å². The third-order valence-corrected chi connectivity index (χ3v) is 20.4. The molecule has 15 rings (SSSR count). The van der Waals surface area contributed by atoms with Crippen LogP contribution in [0, 0.1) is 6.92 Å². The fourth-order valence-electron chi connectivity index (χ4n) is 15.9. The Morgan fingerprint density at radius 3 is 1.57 bits per heavy atom. The van der Waals surface area contributed by atoms with Gasteiger partial charge in [-0.25, -0.2) is 0 Å². The number of fused-ring (bicyclic) bond motifs is 11. The van der Waals surface area contributed by atoms with E-state index >= 15 is 0 Å². The first kappa shape index (κ1) is 50.6. The van der Waals surface area contributed by atoms with Crippen molar-refractivity contribution in [3.05, 3.63) is 262 Å². The number of nitrogens with zero attached hydrogens (tertiary/aromatic N) is 3. The molecule has 4 heteroatoms. The summed E-state index contributed by atoms with van der Waals surface area (Å²) in [5.41, 5.74) is 31.6. The van der Waals surface area contributed by atoms with Gasteiger partial charge >= 0.3 is 6.85 Å². The molecule has 0 fully saturated rings. The van der Waals surface area contributed by atoms with E-state index in [9.17, 15) is 0 Å². The van der Waals surface area contributed by atoms with Crippen LogP contribution in [0.15, 0.2) is 212 Å². The summed E-state index contributed by atoms with van der Waals surface area (Å²) in [7, 11) is 0. The zero-order valence-corrected chi connectivity index (χ0v) is 49.5. The van der Waals surface area contributed by atoms with E-state index in [1.165, 1.54) is 123 Å². The van der Waals surface area contributed by atoms with Crippen molar-refractivity contribution in [2.24, 2.45) is 0 Å².